The van der Waals surface area contributed by atoms with Crippen LogP contribution in [0.5, 0.6) is 0 Å². The van der Waals surface area contributed by atoms with Crippen LogP contribution >= 0.6 is 23.8 Å². The summed E-state index contributed by atoms with van der Waals surface area (Å²) in [5.74, 6) is 0.573. The van der Waals surface area contributed by atoms with E-state index in [0.717, 1.165) is 28.2 Å². The van der Waals surface area contributed by atoms with Crippen molar-refractivity contribution < 1.29 is 4.79 Å². The second kappa shape index (κ2) is 7.66. The molecule has 0 spiro atoms. The normalized spacial score (nSPS) is 11.0. The summed E-state index contributed by atoms with van der Waals surface area (Å²) in [6.45, 7) is 6.12. The number of amides is 1. The van der Waals surface area contributed by atoms with Crippen LogP contribution < -0.4 is 5.32 Å². The summed E-state index contributed by atoms with van der Waals surface area (Å²) in [6, 6.07) is 5.80. The summed E-state index contributed by atoms with van der Waals surface area (Å²) in [5, 5.41) is 14.9. The van der Waals surface area contributed by atoms with Crippen LogP contribution in [0.4, 0.5) is 0 Å². The molecule has 7 nitrogen and oxygen atoms in total. The van der Waals surface area contributed by atoms with E-state index in [-0.39, 0.29) is 12.3 Å². The third-order valence-corrected chi connectivity index (χ3v) is 5.37. The highest BCUT2D eigenvalue weighted by Crippen LogP contribution is 2.23. The maximum Gasteiger partial charge on any atom is 0.224 e. The fourth-order valence-corrected chi connectivity index (χ4v) is 3.16. The first-order chi connectivity index (χ1) is 12.8. The maximum absolute atomic E-state index is 12.4. The van der Waals surface area contributed by atoms with E-state index in [0.29, 0.717) is 22.2 Å². The molecule has 0 aliphatic heterocycles. The molecule has 27 heavy (non-hydrogen) atoms. The number of halogens is 1. The molecule has 3 aromatic rings. The van der Waals surface area contributed by atoms with Gasteiger partial charge in [0, 0.05) is 23.3 Å². The summed E-state index contributed by atoms with van der Waals surface area (Å²) in [7, 11) is 1.80. The molecule has 0 atom stereocenters. The molecule has 3 rings (SSSR count). The molecular weight excluding hydrogens is 384 g/mol. The average Bonchev–Trinajstić information content (AvgIpc) is 3.09. The van der Waals surface area contributed by atoms with Crippen LogP contribution in [0, 0.1) is 25.5 Å². The van der Waals surface area contributed by atoms with Gasteiger partial charge in [-0.3, -0.25) is 9.89 Å². The number of nitrogens with one attached hydrogen (secondary N) is 2. The van der Waals surface area contributed by atoms with Crippen molar-refractivity contribution in [2.45, 2.75) is 33.7 Å². The van der Waals surface area contributed by atoms with Crippen LogP contribution in [-0.2, 0) is 24.8 Å². The molecule has 0 radical (unpaired) electrons. The molecule has 9 heteroatoms. The van der Waals surface area contributed by atoms with Gasteiger partial charge in [0.05, 0.1) is 24.3 Å². The number of benzene rings is 1. The molecule has 0 fully saturated rings. The minimum Gasteiger partial charge on any atom is -0.349 e. The number of hydrogen-bond acceptors (Lipinski definition) is 4. The highest BCUT2D eigenvalue weighted by Gasteiger charge is 2.16. The topological polar surface area (TPSA) is 80.5 Å². The molecule has 1 amide bonds. The summed E-state index contributed by atoms with van der Waals surface area (Å²) in [6.07, 6.45) is 0.242. The minimum atomic E-state index is -0.100. The molecule has 0 saturated heterocycles. The lowest BCUT2D eigenvalue weighted by Crippen LogP contribution is -2.26. The summed E-state index contributed by atoms with van der Waals surface area (Å²) in [4.78, 5) is 12.4. The number of nitrogens with zero attached hydrogens (tertiary/aromatic N) is 4. The van der Waals surface area contributed by atoms with Crippen molar-refractivity contribution >= 4 is 29.7 Å². The van der Waals surface area contributed by atoms with E-state index in [4.69, 9.17) is 23.8 Å². The predicted octanol–water partition coefficient (Wildman–Crippen LogP) is 3.10. The molecular formula is C18H21ClN6OS. The lowest BCUT2D eigenvalue weighted by molar-refractivity contribution is -0.120. The smallest absolute Gasteiger partial charge is 0.224 e. The summed E-state index contributed by atoms with van der Waals surface area (Å²) < 4.78 is 4.06. The summed E-state index contributed by atoms with van der Waals surface area (Å²) >= 11 is 11.3. The fraction of sp³-hybridized carbons (Fsp3) is 0.333. The number of aromatic nitrogens is 5. The minimum absolute atomic E-state index is 0.100. The molecule has 0 aliphatic rings. The van der Waals surface area contributed by atoms with Crippen LogP contribution in [0.2, 0.25) is 5.02 Å². The molecule has 2 heterocycles. The summed E-state index contributed by atoms with van der Waals surface area (Å²) in [5.41, 5.74) is 4.52. The third kappa shape index (κ3) is 3.96. The van der Waals surface area contributed by atoms with Gasteiger partial charge in [-0.15, -0.1) is 0 Å². The lowest BCUT2D eigenvalue weighted by Gasteiger charge is -2.08. The Morgan fingerprint density at radius 3 is 2.70 bits per heavy atom. The van der Waals surface area contributed by atoms with Gasteiger partial charge in [0.1, 0.15) is 0 Å². The van der Waals surface area contributed by atoms with Gasteiger partial charge < -0.3 is 9.88 Å². The second-order valence-corrected chi connectivity index (χ2v) is 7.25. The van der Waals surface area contributed by atoms with Gasteiger partial charge in [-0.25, -0.2) is 4.68 Å². The zero-order valence-corrected chi connectivity index (χ0v) is 17.2. The Morgan fingerprint density at radius 2 is 2.07 bits per heavy atom. The van der Waals surface area contributed by atoms with E-state index in [9.17, 15) is 4.79 Å². The highest BCUT2D eigenvalue weighted by atomic mass is 35.5. The Kier molecular flexibility index (Phi) is 5.48. The van der Waals surface area contributed by atoms with Crippen molar-refractivity contribution in [1.82, 2.24) is 29.9 Å². The quantitative estimate of drug-likeness (QED) is 0.640. The number of carbonyl (C=O) groups is 1. The van der Waals surface area contributed by atoms with E-state index < -0.39 is 0 Å². The molecule has 0 saturated carbocycles. The number of aromatic amines is 1. The fourth-order valence-electron chi connectivity index (χ4n) is 2.83. The molecule has 1 aromatic carbocycles. The predicted molar refractivity (Wildman–Crippen MR) is 107 cm³/mol. The maximum atomic E-state index is 12.4. The van der Waals surface area contributed by atoms with E-state index in [2.05, 4.69) is 20.6 Å². The van der Waals surface area contributed by atoms with Gasteiger partial charge in [-0.05, 0) is 50.7 Å². The van der Waals surface area contributed by atoms with Crippen molar-refractivity contribution in [2.75, 3.05) is 0 Å². The zero-order valence-electron chi connectivity index (χ0n) is 15.6. The van der Waals surface area contributed by atoms with Crippen molar-refractivity contribution in [1.29, 1.82) is 0 Å². The molecule has 142 valence electrons. The zero-order chi connectivity index (χ0) is 19.7. The van der Waals surface area contributed by atoms with Gasteiger partial charge >= 0.3 is 0 Å². The average molecular weight is 405 g/mol. The van der Waals surface area contributed by atoms with Crippen molar-refractivity contribution in [3.8, 4) is 5.69 Å². The van der Waals surface area contributed by atoms with Gasteiger partial charge in [-0.1, -0.05) is 17.7 Å². The molecule has 2 aromatic heterocycles. The van der Waals surface area contributed by atoms with Gasteiger partial charge in [0.15, 0.2) is 10.6 Å². The number of rotatable bonds is 5. The van der Waals surface area contributed by atoms with Crippen molar-refractivity contribution in [2.24, 2.45) is 7.05 Å². The first-order valence-corrected chi connectivity index (χ1v) is 9.25. The Labute approximate surface area is 167 Å². The number of carbonyl (C=O) groups excluding carboxylic acids is 1. The SMILES string of the molecule is Cc1ccc(-n2nc(C)c(CC(=O)NCc3n[nH]c(=S)n3C)c2C)cc1Cl. The van der Waals surface area contributed by atoms with Gasteiger partial charge in [0.25, 0.3) is 0 Å². The highest BCUT2D eigenvalue weighted by molar-refractivity contribution is 7.71. The number of aryl methyl sites for hydroxylation is 2. The first-order valence-electron chi connectivity index (χ1n) is 8.46. The van der Waals surface area contributed by atoms with Crippen LogP contribution in [0.25, 0.3) is 5.69 Å². The number of H-pyrrole nitrogens is 1. The molecule has 0 aliphatic carbocycles. The van der Waals surface area contributed by atoms with Crippen LogP contribution in [0.3, 0.4) is 0 Å². The molecule has 0 unspecified atom stereocenters. The lowest BCUT2D eigenvalue weighted by atomic mass is 10.1. The van der Waals surface area contributed by atoms with Gasteiger partial charge in [0.2, 0.25) is 5.91 Å². The van der Waals surface area contributed by atoms with Crippen molar-refractivity contribution in [3.05, 3.63) is 56.3 Å². The van der Waals surface area contributed by atoms with Crippen molar-refractivity contribution in [3.63, 3.8) is 0 Å². The van der Waals surface area contributed by atoms with Crippen LogP contribution in [-0.4, -0.2) is 30.5 Å². The Bertz CT molecular complexity index is 1060. The van der Waals surface area contributed by atoms with Crippen LogP contribution in [0.15, 0.2) is 18.2 Å². The van der Waals surface area contributed by atoms with Crippen LogP contribution in [0.1, 0.15) is 28.3 Å². The van der Waals surface area contributed by atoms with E-state index in [1.165, 1.54) is 0 Å². The van der Waals surface area contributed by atoms with Gasteiger partial charge in [-0.2, -0.15) is 10.2 Å². The number of hydrogen-bond donors (Lipinski definition) is 2. The molecule has 0 bridgehead atoms. The van der Waals surface area contributed by atoms with E-state index >= 15 is 0 Å². The molecule has 2 N–H and O–H groups in total. The van der Waals surface area contributed by atoms with E-state index in [1.54, 1.807) is 11.6 Å². The first kappa shape index (κ1) is 19.3. The Morgan fingerprint density at radius 1 is 1.33 bits per heavy atom. The Balaban J connectivity index is 1.76. The second-order valence-electron chi connectivity index (χ2n) is 6.45. The third-order valence-electron chi connectivity index (χ3n) is 4.59. The largest absolute Gasteiger partial charge is 0.349 e. The standard InChI is InChI=1S/C18H21ClN6OS/c1-10-5-6-13(7-15(10)19)25-12(3)14(11(2)23-25)8-17(26)20-9-16-21-22-18(27)24(16)4/h5-7H,8-9H2,1-4H3,(H,20,26)(H,22,27). The monoisotopic (exact) mass is 404 g/mol. The Hall–Kier alpha value is -2.45. The van der Waals surface area contributed by atoms with E-state index in [1.807, 2.05) is 43.7 Å².